The van der Waals surface area contributed by atoms with E-state index in [1.807, 2.05) is 6.92 Å². The second kappa shape index (κ2) is 17.2. The normalized spacial score (nSPS) is 14.1. The molecule has 0 saturated carbocycles. The summed E-state index contributed by atoms with van der Waals surface area (Å²) in [4.78, 5) is 52.9. The fourth-order valence-corrected chi connectivity index (χ4v) is 2.98. The summed E-state index contributed by atoms with van der Waals surface area (Å²) >= 11 is 0. The first-order chi connectivity index (χ1) is 17.7. The summed E-state index contributed by atoms with van der Waals surface area (Å²) in [7, 11) is 2.75. The number of nitrogens with one attached hydrogen (secondary N) is 5. The predicted octanol–water partition coefficient (Wildman–Crippen LogP) is -2.37. The van der Waals surface area contributed by atoms with Crippen molar-refractivity contribution < 1.29 is 43.4 Å². The third-order valence-corrected chi connectivity index (χ3v) is 4.90. The van der Waals surface area contributed by atoms with Crippen LogP contribution in [0.2, 0.25) is 0 Å². The van der Waals surface area contributed by atoms with Gasteiger partial charge in [0.2, 0.25) is 23.6 Å². The van der Waals surface area contributed by atoms with E-state index in [1.54, 1.807) is 0 Å². The molecule has 1 heterocycles. The van der Waals surface area contributed by atoms with Crippen molar-refractivity contribution in [2.75, 3.05) is 47.1 Å². The van der Waals surface area contributed by atoms with Gasteiger partial charge in [-0.25, -0.2) is 4.79 Å². The van der Waals surface area contributed by atoms with Crippen LogP contribution in [0.3, 0.4) is 0 Å². The van der Waals surface area contributed by atoms with Gasteiger partial charge in [-0.2, -0.15) is 4.98 Å². The van der Waals surface area contributed by atoms with Crippen LogP contribution in [-0.2, 0) is 23.9 Å². The first-order valence-electron chi connectivity index (χ1n) is 11.7. The number of carbonyl (C=O) groups is 4. The zero-order chi connectivity index (χ0) is 27.8. The molecule has 16 heteroatoms. The van der Waals surface area contributed by atoms with Gasteiger partial charge in [0, 0.05) is 27.3 Å². The Hall–Kier alpha value is -3.34. The number of nitrogens with zero attached hydrogens (tertiary/aromatic N) is 2. The average molecular weight is 532 g/mol. The molecular formula is C21H37N7O9. The average Bonchev–Trinajstić information content (AvgIpc) is 3.36. The Morgan fingerprint density at radius 1 is 1.00 bits per heavy atom. The Labute approximate surface area is 214 Å². The van der Waals surface area contributed by atoms with Crippen molar-refractivity contribution in [3.63, 3.8) is 0 Å². The molecule has 0 aromatic carbocycles. The third kappa shape index (κ3) is 11.5. The van der Waals surface area contributed by atoms with E-state index in [1.165, 1.54) is 21.0 Å². The zero-order valence-corrected chi connectivity index (χ0v) is 21.4. The van der Waals surface area contributed by atoms with Crippen molar-refractivity contribution >= 4 is 23.8 Å². The molecule has 0 fully saturated rings. The standard InChI is InChI=1S/C21H37N7O9/c1-5-35-8-9-36-11-16(32)24-13(6-7-29)18-27-20(37-28-18)14(10-15(31)22-3)25-21(34)26-17(12(2)30)19(33)23-4/h12-14,17,29-30H,5-11H2,1-4H3,(H,22,31)(H,23,33)(H,24,32)(H2,25,26,34)/t12?,13-,14-,17-/m0/s1. The molecule has 210 valence electrons. The molecule has 1 aromatic heterocycles. The number of amides is 5. The Morgan fingerprint density at radius 2 is 1.70 bits per heavy atom. The minimum absolute atomic E-state index is 0.00282. The minimum Gasteiger partial charge on any atom is -0.396 e. The topological polar surface area (TPSA) is 226 Å². The molecule has 1 aromatic rings. The van der Waals surface area contributed by atoms with Crippen LogP contribution in [0.15, 0.2) is 4.52 Å². The zero-order valence-electron chi connectivity index (χ0n) is 21.4. The number of hydrogen-bond acceptors (Lipinski definition) is 11. The summed E-state index contributed by atoms with van der Waals surface area (Å²) in [6.07, 6.45) is -1.45. The molecule has 7 N–H and O–H groups in total. The molecule has 1 unspecified atom stereocenters. The number of rotatable bonds is 17. The number of urea groups is 1. The van der Waals surface area contributed by atoms with Crippen LogP contribution in [0, 0.1) is 0 Å². The second-order valence-corrected chi connectivity index (χ2v) is 7.75. The lowest BCUT2D eigenvalue weighted by atomic mass is 10.1. The molecule has 5 amide bonds. The highest BCUT2D eigenvalue weighted by Crippen LogP contribution is 2.19. The van der Waals surface area contributed by atoms with Crippen molar-refractivity contribution in [1.29, 1.82) is 0 Å². The maximum Gasteiger partial charge on any atom is 0.316 e. The highest BCUT2D eigenvalue weighted by Gasteiger charge is 2.30. The Bertz CT molecular complexity index is 865. The van der Waals surface area contributed by atoms with E-state index in [9.17, 15) is 29.4 Å². The molecule has 0 aliphatic heterocycles. The summed E-state index contributed by atoms with van der Waals surface area (Å²) in [5, 5.41) is 35.2. The molecule has 0 saturated heterocycles. The van der Waals surface area contributed by atoms with Gasteiger partial charge in [0.05, 0.1) is 31.8 Å². The molecular weight excluding hydrogens is 494 g/mol. The number of likely N-dealkylation sites (N-methyl/N-ethyl adjacent to an activating group) is 1. The van der Waals surface area contributed by atoms with Gasteiger partial charge in [0.15, 0.2) is 5.82 Å². The number of aliphatic hydroxyl groups is 2. The maximum absolute atomic E-state index is 12.5. The molecule has 0 bridgehead atoms. The number of aromatic nitrogens is 2. The SMILES string of the molecule is CCOCCOCC(=O)N[C@@H](CCO)c1noc([C@H](CC(=O)NC)NC(=O)N[C@H](C(=O)NC)C(C)O)n1. The first-order valence-corrected chi connectivity index (χ1v) is 11.7. The fraction of sp³-hybridized carbons (Fsp3) is 0.714. The summed E-state index contributed by atoms with van der Waals surface area (Å²) in [6.45, 7) is 3.70. The van der Waals surface area contributed by atoms with Crippen LogP contribution in [0.5, 0.6) is 0 Å². The smallest absolute Gasteiger partial charge is 0.316 e. The molecule has 0 spiro atoms. The van der Waals surface area contributed by atoms with Gasteiger partial charge in [0.1, 0.15) is 18.7 Å². The van der Waals surface area contributed by atoms with Gasteiger partial charge in [-0.1, -0.05) is 5.16 Å². The summed E-state index contributed by atoms with van der Waals surface area (Å²) < 4.78 is 15.6. The van der Waals surface area contributed by atoms with Crippen LogP contribution < -0.4 is 26.6 Å². The highest BCUT2D eigenvalue weighted by atomic mass is 16.5. The van der Waals surface area contributed by atoms with E-state index >= 15 is 0 Å². The first kappa shape index (κ1) is 31.7. The molecule has 0 aliphatic carbocycles. The van der Waals surface area contributed by atoms with E-state index in [0.717, 1.165) is 0 Å². The lowest BCUT2D eigenvalue weighted by molar-refractivity contribution is -0.127. The van der Waals surface area contributed by atoms with Crippen molar-refractivity contribution in [3.05, 3.63) is 11.7 Å². The number of ether oxygens (including phenoxy) is 2. The van der Waals surface area contributed by atoms with Gasteiger partial charge >= 0.3 is 6.03 Å². The third-order valence-electron chi connectivity index (χ3n) is 4.90. The molecule has 0 radical (unpaired) electrons. The van der Waals surface area contributed by atoms with Gasteiger partial charge in [-0.3, -0.25) is 14.4 Å². The lowest BCUT2D eigenvalue weighted by Crippen LogP contribution is -2.54. The maximum atomic E-state index is 12.5. The summed E-state index contributed by atoms with van der Waals surface area (Å²) in [5.74, 6) is -1.74. The van der Waals surface area contributed by atoms with E-state index < -0.39 is 48.0 Å². The van der Waals surface area contributed by atoms with Crippen LogP contribution in [0.4, 0.5) is 4.79 Å². The van der Waals surface area contributed by atoms with Crippen molar-refractivity contribution in [1.82, 2.24) is 36.7 Å². The van der Waals surface area contributed by atoms with Gasteiger partial charge in [-0.15, -0.1) is 0 Å². The number of carbonyl (C=O) groups excluding carboxylic acids is 4. The van der Waals surface area contributed by atoms with Crippen molar-refractivity contribution in [2.24, 2.45) is 0 Å². The molecule has 37 heavy (non-hydrogen) atoms. The number of hydrogen-bond donors (Lipinski definition) is 7. The quantitative estimate of drug-likeness (QED) is 0.105. The van der Waals surface area contributed by atoms with Crippen LogP contribution in [-0.4, -0.2) is 103 Å². The lowest BCUT2D eigenvalue weighted by Gasteiger charge is -2.22. The fourth-order valence-electron chi connectivity index (χ4n) is 2.98. The Balaban J connectivity index is 2.95. The van der Waals surface area contributed by atoms with E-state index in [2.05, 4.69) is 36.7 Å². The van der Waals surface area contributed by atoms with E-state index in [-0.39, 0.29) is 44.4 Å². The largest absolute Gasteiger partial charge is 0.396 e. The van der Waals surface area contributed by atoms with Crippen LogP contribution in [0.25, 0.3) is 0 Å². The highest BCUT2D eigenvalue weighted by molar-refractivity contribution is 5.87. The van der Waals surface area contributed by atoms with Gasteiger partial charge in [0.25, 0.3) is 0 Å². The Kier molecular flexibility index (Phi) is 14.7. The van der Waals surface area contributed by atoms with Crippen molar-refractivity contribution in [3.8, 4) is 0 Å². The monoisotopic (exact) mass is 531 g/mol. The molecule has 16 nitrogen and oxygen atoms in total. The molecule has 0 aliphatic rings. The summed E-state index contributed by atoms with van der Waals surface area (Å²) in [5.41, 5.74) is 0. The molecule has 4 atom stereocenters. The second-order valence-electron chi connectivity index (χ2n) is 7.75. The summed E-state index contributed by atoms with van der Waals surface area (Å²) in [6, 6.07) is -4.10. The van der Waals surface area contributed by atoms with E-state index in [0.29, 0.717) is 13.2 Å². The van der Waals surface area contributed by atoms with Gasteiger partial charge in [-0.05, 0) is 20.3 Å². The predicted molar refractivity (Wildman–Crippen MR) is 127 cm³/mol. The van der Waals surface area contributed by atoms with Gasteiger partial charge < -0.3 is 50.8 Å². The minimum atomic E-state index is -1.26. The van der Waals surface area contributed by atoms with Crippen LogP contribution in [0.1, 0.15) is 50.5 Å². The van der Waals surface area contributed by atoms with Crippen molar-refractivity contribution in [2.45, 2.75) is 50.9 Å². The Morgan fingerprint density at radius 3 is 2.30 bits per heavy atom. The molecule has 1 rings (SSSR count). The van der Waals surface area contributed by atoms with E-state index in [4.69, 9.17) is 14.0 Å². The van der Waals surface area contributed by atoms with Crippen LogP contribution >= 0.6 is 0 Å². The number of aliphatic hydroxyl groups excluding tert-OH is 2.